The molecule has 1 aliphatic rings. The first-order valence-electron chi connectivity index (χ1n) is 13.3. The van der Waals surface area contributed by atoms with Gasteiger partial charge in [0.05, 0.1) is 5.92 Å². The second-order valence-electron chi connectivity index (χ2n) is 9.86. The second-order valence-corrected chi connectivity index (χ2v) is 9.86. The molecule has 0 radical (unpaired) electrons. The van der Waals surface area contributed by atoms with Gasteiger partial charge in [-0.25, -0.2) is 0 Å². The van der Waals surface area contributed by atoms with Crippen LogP contribution in [-0.2, 0) is 4.79 Å². The highest BCUT2D eigenvalue weighted by molar-refractivity contribution is 5.83. The maximum atomic E-state index is 13.0. The minimum atomic E-state index is -4.73. The van der Waals surface area contributed by atoms with Crippen LogP contribution in [0.2, 0.25) is 0 Å². The molecular weight excluding hydrogens is 489 g/mol. The molecule has 4 rings (SSSR count). The molecule has 202 valence electrons. The maximum absolute atomic E-state index is 13.0. The summed E-state index contributed by atoms with van der Waals surface area (Å²) < 4.78 is 41.3. The van der Waals surface area contributed by atoms with E-state index in [1.165, 1.54) is 35.4 Å². The smallest absolute Gasteiger partial charge is 0.406 e. The minimum absolute atomic E-state index is 0.0799. The van der Waals surface area contributed by atoms with E-state index in [0.29, 0.717) is 17.9 Å². The maximum Gasteiger partial charge on any atom is 0.573 e. The molecule has 3 aromatic carbocycles. The van der Waals surface area contributed by atoms with Crippen LogP contribution in [0.3, 0.4) is 0 Å². The van der Waals surface area contributed by atoms with Crippen molar-refractivity contribution in [1.29, 1.82) is 0 Å². The van der Waals surface area contributed by atoms with Crippen molar-refractivity contribution in [3.63, 3.8) is 0 Å². The summed E-state index contributed by atoms with van der Waals surface area (Å²) in [5.41, 5.74) is 3.33. The number of benzene rings is 3. The molecule has 3 aromatic rings. The molecule has 1 aliphatic heterocycles. The van der Waals surface area contributed by atoms with Crippen molar-refractivity contribution in [2.24, 2.45) is 0 Å². The highest BCUT2D eigenvalue weighted by Crippen LogP contribution is 2.29. The Hall–Kier alpha value is -3.32. The second kappa shape index (κ2) is 13.0. The molecule has 0 bridgehead atoms. The Labute approximate surface area is 222 Å². The van der Waals surface area contributed by atoms with Gasteiger partial charge in [0.25, 0.3) is 0 Å². The molecule has 38 heavy (non-hydrogen) atoms. The van der Waals surface area contributed by atoms with Gasteiger partial charge in [0.2, 0.25) is 5.91 Å². The van der Waals surface area contributed by atoms with Crippen molar-refractivity contribution >= 4 is 5.91 Å². The third-order valence-electron chi connectivity index (χ3n) is 7.31. The summed E-state index contributed by atoms with van der Waals surface area (Å²) >= 11 is 0. The standard InChI is InChI=1S/C31H35F3N2O2/c1-2-28(25-13-15-27(16-14-25)38-31(32,33)34)30(37)35-26-17-20-36(21-18-26)22-19-29(23-9-5-3-6-10-23)24-11-7-4-8-12-24/h3-16,26,28-29H,2,17-22H2,1H3,(H,35,37). The van der Waals surface area contributed by atoms with Crippen LogP contribution in [0.5, 0.6) is 5.75 Å². The molecule has 0 saturated carbocycles. The molecule has 1 atom stereocenters. The molecule has 0 aliphatic carbocycles. The molecule has 7 heteroatoms. The predicted molar refractivity (Wildman–Crippen MR) is 143 cm³/mol. The molecule has 4 nitrogen and oxygen atoms in total. The summed E-state index contributed by atoms with van der Waals surface area (Å²) in [4.78, 5) is 15.5. The van der Waals surface area contributed by atoms with Crippen LogP contribution >= 0.6 is 0 Å². The van der Waals surface area contributed by atoms with Gasteiger partial charge in [-0.15, -0.1) is 13.2 Å². The van der Waals surface area contributed by atoms with E-state index in [1.807, 2.05) is 19.1 Å². The van der Waals surface area contributed by atoms with Crippen molar-refractivity contribution in [1.82, 2.24) is 10.2 Å². The number of nitrogens with zero attached hydrogens (tertiary/aromatic N) is 1. The highest BCUT2D eigenvalue weighted by atomic mass is 19.4. The molecule has 1 saturated heterocycles. The Kier molecular flexibility index (Phi) is 9.45. The van der Waals surface area contributed by atoms with Crippen LogP contribution in [-0.4, -0.2) is 42.8 Å². The molecule has 1 amide bonds. The average molecular weight is 525 g/mol. The van der Waals surface area contributed by atoms with E-state index in [0.717, 1.165) is 38.9 Å². The van der Waals surface area contributed by atoms with Gasteiger partial charge in [-0.1, -0.05) is 79.7 Å². The van der Waals surface area contributed by atoms with Gasteiger partial charge in [-0.3, -0.25) is 4.79 Å². The molecule has 0 spiro atoms. The lowest BCUT2D eigenvalue weighted by atomic mass is 9.88. The van der Waals surface area contributed by atoms with E-state index in [-0.39, 0.29) is 17.7 Å². The molecule has 0 aromatic heterocycles. The zero-order valence-electron chi connectivity index (χ0n) is 21.7. The number of ether oxygens (including phenoxy) is 1. The van der Waals surface area contributed by atoms with Crippen molar-refractivity contribution in [3.05, 3.63) is 102 Å². The monoisotopic (exact) mass is 524 g/mol. The summed E-state index contributed by atoms with van der Waals surface area (Å²) in [5.74, 6) is -0.437. The number of hydrogen-bond acceptors (Lipinski definition) is 3. The zero-order valence-corrected chi connectivity index (χ0v) is 21.7. The Morgan fingerprint density at radius 3 is 1.95 bits per heavy atom. The van der Waals surface area contributed by atoms with Crippen molar-refractivity contribution < 1.29 is 22.7 Å². The Morgan fingerprint density at radius 2 is 1.45 bits per heavy atom. The number of carbonyl (C=O) groups is 1. The number of amides is 1. The van der Waals surface area contributed by atoms with Crippen LogP contribution in [0.25, 0.3) is 0 Å². The predicted octanol–water partition coefficient (Wildman–Crippen LogP) is 6.88. The van der Waals surface area contributed by atoms with Gasteiger partial charge in [0, 0.05) is 25.0 Å². The molecule has 1 fully saturated rings. The SMILES string of the molecule is CCC(C(=O)NC1CCN(CCC(c2ccccc2)c2ccccc2)CC1)c1ccc(OC(F)(F)F)cc1. The lowest BCUT2D eigenvalue weighted by molar-refractivity contribution is -0.274. The fraction of sp³-hybridized carbons (Fsp3) is 0.387. The van der Waals surface area contributed by atoms with Crippen LogP contribution in [0.1, 0.15) is 61.1 Å². The van der Waals surface area contributed by atoms with Gasteiger partial charge in [-0.2, -0.15) is 0 Å². The fourth-order valence-corrected chi connectivity index (χ4v) is 5.29. The van der Waals surface area contributed by atoms with Crippen molar-refractivity contribution in [3.8, 4) is 5.75 Å². The van der Waals surface area contributed by atoms with E-state index in [9.17, 15) is 18.0 Å². The van der Waals surface area contributed by atoms with Gasteiger partial charge >= 0.3 is 6.36 Å². The largest absolute Gasteiger partial charge is 0.573 e. The number of piperidine rings is 1. The molecule has 1 heterocycles. The number of carbonyl (C=O) groups excluding carboxylic acids is 1. The molecule has 1 unspecified atom stereocenters. The number of likely N-dealkylation sites (tertiary alicyclic amines) is 1. The Balaban J connectivity index is 1.28. The molecule has 1 N–H and O–H groups in total. The van der Waals surface area contributed by atoms with Crippen molar-refractivity contribution in [2.75, 3.05) is 19.6 Å². The van der Waals surface area contributed by atoms with Gasteiger partial charge < -0.3 is 15.0 Å². The van der Waals surface area contributed by atoms with Crippen LogP contribution < -0.4 is 10.1 Å². The lowest BCUT2D eigenvalue weighted by Gasteiger charge is -2.34. The summed E-state index contributed by atoms with van der Waals surface area (Å²) in [6, 6.07) is 26.9. The minimum Gasteiger partial charge on any atom is -0.406 e. The van der Waals surface area contributed by atoms with E-state index in [2.05, 4.69) is 63.5 Å². The highest BCUT2D eigenvalue weighted by Gasteiger charge is 2.31. The summed E-state index contributed by atoms with van der Waals surface area (Å²) in [6.45, 7) is 4.73. The number of nitrogens with one attached hydrogen (secondary N) is 1. The number of halogens is 3. The van der Waals surface area contributed by atoms with Crippen molar-refractivity contribution in [2.45, 2.75) is 56.8 Å². The third-order valence-corrected chi connectivity index (χ3v) is 7.31. The number of alkyl halides is 3. The number of rotatable bonds is 10. The van der Waals surface area contributed by atoms with Gasteiger partial charge in [0.15, 0.2) is 0 Å². The summed E-state index contributed by atoms with van der Waals surface area (Å²) in [5, 5.41) is 3.18. The third kappa shape index (κ3) is 7.84. The summed E-state index contributed by atoms with van der Waals surface area (Å²) in [7, 11) is 0. The first-order chi connectivity index (χ1) is 18.3. The van der Waals surface area contributed by atoms with Crippen LogP contribution in [0.4, 0.5) is 13.2 Å². The van der Waals surface area contributed by atoms with Crippen LogP contribution in [0.15, 0.2) is 84.9 Å². The zero-order chi connectivity index (χ0) is 27.0. The summed E-state index contributed by atoms with van der Waals surface area (Å²) in [6.07, 6.45) is -1.40. The Morgan fingerprint density at radius 1 is 0.895 bits per heavy atom. The number of hydrogen-bond donors (Lipinski definition) is 1. The average Bonchev–Trinajstić information content (AvgIpc) is 2.91. The fourth-order valence-electron chi connectivity index (χ4n) is 5.29. The van der Waals surface area contributed by atoms with E-state index < -0.39 is 12.3 Å². The van der Waals surface area contributed by atoms with E-state index in [1.54, 1.807) is 0 Å². The Bertz CT molecular complexity index is 1090. The topological polar surface area (TPSA) is 41.6 Å². The van der Waals surface area contributed by atoms with Crippen LogP contribution in [0, 0.1) is 0 Å². The first kappa shape index (κ1) is 27.7. The quantitative estimate of drug-likeness (QED) is 0.314. The molecular formula is C31H35F3N2O2. The van der Waals surface area contributed by atoms with E-state index in [4.69, 9.17) is 0 Å². The lowest BCUT2D eigenvalue weighted by Crippen LogP contribution is -2.46. The normalized spacial score (nSPS) is 15.8. The van der Waals surface area contributed by atoms with E-state index >= 15 is 0 Å². The first-order valence-corrected chi connectivity index (χ1v) is 13.3. The van der Waals surface area contributed by atoms with Gasteiger partial charge in [0.1, 0.15) is 5.75 Å². The van der Waals surface area contributed by atoms with Gasteiger partial charge in [-0.05, 0) is 61.1 Å².